The van der Waals surface area contributed by atoms with Crippen LogP contribution in [0.1, 0.15) is 107 Å². The van der Waals surface area contributed by atoms with Crippen LogP contribution in [-0.4, -0.2) is 150 Å². The van der Waals surface area contributed by atoms with Gasteiger partial charge in [-0.2, -0.15) is 0 Å². The topological polar surface area (TPSA) is 327 Å². The lowest BCUT2D eigenvalue weighted by atomic mass is 10.1. The number of methoxy groups -OCH3 is 3. The normalized spacial score (nSPS) is 15.3. The maximum absolute atomic E-state index is 15.0. The van der Waals surface area contributed by atoms with Gasteiger partial charge in [-0.25, -0.2) is 4.79 Å². The molecule has 0 saturated heterocycles. The molecule has 4 aliphatic heterocycles. The molecule has 7 amide bonds. The molecule has 536 valence electrons. The predicted octanol–water partition coefficient (Wildman–Crippen LogP) is 8.84. The average Bonchev–Trinajstić information content (AvgIpc) is 1.59. The monoisotopic (exact) mass is 1400 g/mol. The van der Waals surface area contributed by atoms with E-state index in [1.165, 1.54) is 19.1 Å². The van der Waals surface area contributed by atoms with Gasteiger partial charge in [0.1, 0.15) is 25.9 Å². The molecule has 0 radical (unpaired) electrons. The standard InChI is InChI=1S/C76H85N9O17/c1-47(2)18-23-59(81-70(87)16-10-11-17-71(88)89)73(91)82-60(24-25-69(77)86)72(90)80-53-21-19-48(20-22-53)44-102-76(94)83-43-56-38-52-13-7-9-15-63(52)85(56)75(93)58-40-66(97-5)68(42-64(58)83)101-46-50-34-49(35-54(36-50)78-28-29-98-32-33-99-31-30-95-3)45-100-67-41-61-57(39-65(67)96-4)74(92)84-55(26-27-79-61)37-51-12-6-8-14-62(51)84/h6-9,12-15,19-22,27,34-36,39-42,47,55-56,59-60,78H,10-11,16-17,24-26,28-33,37-38,43-46H2,1-5H3,(H2,77,86)(H,80,90)(H,81,87)(H,82,91)(H,88,89)/t55-,56?,59?,60+/m1/s1. The molecule has 26 nitrogen and oxygen atoms in total. The maximum Gasteiger partial charge on any atom is 0.414 e. The van der Waals surface area contributed by atoms with E-state index in [0.717, 1.165) is 34.5 Å². The van der Waals surface area contributed by atoms with E-state index in [2.05, 4.69) is 33.1 Å². The van der Waals surface area contributed by atoms with Crippen molar-refractivity contribution in [1.82, 2.24) is 10.6 Å². The number of carboxylic acids is 1. The van der Waals surface area contributed by atoms with Gasteiger partial charge >= 0.3 is 12.1 Å². The van der Waals surface area contributed by atoms with Crippen LogP contribution in [0, 0.1) is 17.8 Å². The average molecular weight is 1400 g/mol. The fourth-order valence-electron chi connectivity index (χ4n) is 12.4. The van der Waals surface area contributed by atoms with E-state index >= 15 is 0 Å². The summed E-state index contributed by atoms with van der Waals surface area (Å²) in [5.74, 6) is 2.27. The van der Waals surface area contributed by atoms with Crippen LogP contribution in [0.15, 0.2) is 120 Å². The van der Waals surface area contributed by atoms with Crippen LogP contribution >= 0.6 is 0 Å². The molecule has 0 saturated carbocycles. The van der Waals surface area contributed by atoms with Crippen LogP contribution < -0.4 is 60.6 Å². The summed E-state index contributed by atoms with van der Waals surface area (Å²) in [5, 5.41) is 20.3. The Balaban J connectivity index is 0.858. The molecule has 102 heavy (non-hydrogen) atoms. The van der Waals surface area contributed by atoms with Gasteiger partial charge in [-0.3, -0.25) is 43.5 Å². The van der Waals surface area contributed by atoms with Gasteiger partial charge in [0.05, 0.1) is 82.3 Å². The van der Waals surface area contributed by atoms with E-state index in [0.29, 0.717) is 92.0 Å². The summed E-state index contributed by atoms with van der Waals surface area (Å²) in [7, 11) is 4.60. The number of ether oxygens (including phenoxy) is 8. The zero-order valence-electron chi connectivity index (χ0n) is 57.7. The number of aliphatic carboxylic acids is 1. The van der Waals surface area contributed by atoms with Crippen molar-refractivity contribution in [2.75, 3.05) is 92.8 Å². The lowest BCUT2D eigenvalue weighted by molar-refractivity contribution is -0.137. The number of para-hydroxylation sites is 2. The Bertz CT molecular complexity index is 4150. The molecule has 7 N–H and O–H groups in total. The lowest BCUT2D eigenvalue weighted by Crippen LogP contribution is -2.52. The van der Waals surface area contributed by atoms with Crippen molar-refractivity contribution < 1.29 is 81.4 Å². The zero-order valence-corrected chi connectivity index (χ0v) is 57.7. The molecular weight excluding hydrogens is 1310 g/mol. The third-order valence-electron chi connectivity index (χ3n) is 17.4. The first-order valence-corrected chi connectivity index (χ1v) is 33.9. The first-order chi connectivity index (χ1) is 49.4. The molecule has 6 aromatic carbocycles. The molecule has 2 unspecified atom stereocenters. The Labute approximate surface area is 591 Å². The number of rotatable bonds is 33. The van der Waals surface area contributed by atoms with Crippen LogP contribution in [-0.2, 0) is 75.6 Å². The number of nitrogens with two attached hydrogens (primary N) is 1. The van der Waals surface area contributed by atoms with Crippen molar-refractivity contribution in [3.05, 3.63) is 154 Å². The highest BCUT2D eigenvalue weighted by atomic mass is 16.6. The Kier molecular flexibility index (Phi) is 25.5. The second-order valence-corrected chi connectivity index (χ2v) is 25.1. The molecule has 4 aliphatic rings. The molecule has 0 fully saturated rings. The number of amides is 7. The molecule has 26 heteroatoms. The first kappa shape index (κ1) is 73.7. The Morgan fingerprint density at radius 2 is 1.25 bits per heavy atom. The smallest absolute Gasteiger partial charge is 0.414 e. The van der Waals surface area contributed by atoms with Crippen molar-refractivity contribution in [1.29, 1.82) is 0 Å². The second kappa shape index (κ2) is 35.3. The predicted molar refractivity (Wildman–Crippen MR) is 381 cm³/mol. The van der Waals surface area contributed by atoms with Gasteiger partial charge in [0.2, 0.25) is 17.7 Å². The van der Waals surface area contributed by atoms with Gasteiger partial charge in [-0.1, -0.05) is 74.2 Å². The first-order valence-electron chi connectivity index (χ1n) is 33.9. The number of fused-ring (bicyclic) bond motifs is 8. The van der Waals surface area contributed by atoms with E-state index in [4.69, 9.17) is 53.7 Å². The van der Waals surface area contributed by atoms with Crippen molar-refractivity contribution in [2.45, 2.75) is 116 Å². The van der Waals surface area contributed by atoms with Gasteiger partial charge in [0.25, 0.3) is 17.7 Å². The Morgan fingerprint density at radius 1 is 0.627 bits per heavy atom. The number of carbonyl (C=O) groups is 8. The molecule has 0 aromatic heterocycles. The molecule has 6 aromatic rings. The van der Waals surface area contributed by atoms with Crippen molar-refractivity contribution in [3.63, 3.8) is 0 Å². The molecular formula is C76H85N9O17. The van der Waals surface area contributed by atoms with Crippen LogP contribution in [0.25, 0.3) is 0 Å². The van der Waals surface area contributed by atoms with Gasteiger partial charge in [-0.15, -0.1) is 0 Å². The number of benzene rings is 6. The largest absolute Gasteiger partial charge is 0.493 e. The number of aliphatic imine (C=N–C) groups is 1. The minimum atomic E-state index is -1.37. The van der Waals surface area contributed by atoms with E-state index in [1.807, 2.05) is 77.8 Å². The highest BCUT2D eigenvalue weighted by Crippen LogP contribution is 2.45. The summed E-state index contributed by atoms with van der Waals surface area (Å²) in [5.41, 5.74) is 13.3. The van der Waals surface area contributed by atoms with Crippen molar-refractivity contribution in [3.8, 4) is 34.8 Å². The van der Waals surface area contributed by atoms with Crippen LogP contribution in [0.5, 0.6) is 23.0 Å². The number of nitrogens with one attached hydrogen (secondary N) is 4. The second-order valence-electron chi connectivity index (χ2n) is 25.1. The van der Waals surface area contributed by atoms with E-state index in [-0.39, 0.29) is 117 Å². The van der Waals surface area contributed by atoms with E-state index in [1.54, 1.807) is 74.4 Å². The summed E-state index contributed by atoms with van der Waals surface area (Å²) >= 11 is 0. The van der Waals surface area contributed by atoms with Gasteiger partial charge in [-0.05, 0) is 115 Å². The van der Waals surface area contributed by atoms with Crippen LogP contribution in [0.3, 0.4) is 0 Å². The minimum absolute atomic E-state index is 0.0279. The minimum Gasteiger partial charge on any atom is -0.493 e. The van der Waals surface area contributed by atoms with Gasteiger partial charge in [0.15, 0.2) is 29.0 Å². The number of carboxylic acid groups (broad SMARTS) is 1. The zero-order chi connectivity index (χ0) is 72.2. The summed E-state index contributed by atoms with van der Waals surface area (Å²) < 4.78 is 47.5. The quantitative estimate of drug-likeness (QED) is 0.0165. The highest BCUT2D eigenvalue weighted by Gasteiger charge is 2.43. The summed E-state index contributed by atoms with van der Waals surface area (Å²) in [6.07, 6.45) is 2.70. The van der Waals surface area contributed by atoms with Crippen molar-refractivity contribution in [2.24, 2.45) is 16.6 Å². The number of hydrogen-bond acceptors (Lipinski definition) is 18. The van der Waals surface area contributed by atoms with Gasteiger partial charge < -0.3 is 79.8 Å². The molecule has 0 aliphatic carbocycles. The number of primary amides is 1. The Hall–Kier alpha value is -11.0. The third kappa shape index (κ3) is 19.1. The fraction of sp³-hybridized carbons (Fsp3) is 0.382. The SMILES string of the molecule is COCCOCCOCCNc1cc(COc2cc3c(cc2OC)C(=O)N2c4ccccc4C[C@H]2CC=N3)cc(COc2cc3c(cc2OC)C(=O)N2c4ccccc4CC2CN3C(=O)OCc2ccc(NC(=O)[C@H](CCC(N)=O)NC(=O)C(C#CC(C)C)NC(=O)CCCCC(=O)O)cc2)c1. The van der Waals surface area contributed by atoms with E-state index in [9.17, 15) is 38.4 Å². The number of hydrogen-bond donors (Lipinski definition) is 6. The van der Waals surface area contributed by atoms with Crippen molar-refractivity contribution >= 4 is 87.8 Å². The van der Waals surface area contributed by atoms with Gasteiger partial charge in [0, 0.05) is 92.4 Å². The van der Waals surface area contributed by atoms with Crippen LogP contribution in [0.4, 0.5) is 38.9 Å². The summed E-state index contributed by atoms with van der Waals surface area (Å²) in [6, 6.07) is 31.0. The molecule has 0 bridgehead atoms. The molecule has 4 heterocycles. The third-order valence-corrected chi connectivity index (χ3v) is 17.4. The Morgan fingerprint density at radius 3 is 1.90 bits per heavy atom. The summed E-state index contributed by atoms with van der Waals surface area (Å²) in [4.78, 5) is 117. The number of carbonyl (C=O) groups excluding carboxylic acids is 7. The number of anilines is 5. The summed E-state index contributed by atoms with van der Waals surface area (Å²) in [6.45, 7) is 5.94. The molecule has 10 rings (SSSR count). The van der Waals surface area contributed by atoms with E-state index < -0.39 is 53.8 Å². The maximum atomic E-state index is 15.0. The molecule has 4 atom stereocenters. The molecule has 0 spiro atoms. The fourth-order valence-corrected chi connectivity index (χ4v) is 12.4. The van der Waals surface area contributed by atoms with Crippen LogP contribution in [0.2, 0.25) is 0 Å². The number of nitrogens with zero attached hydrogens (tertiary/aromatic N) is 4. The lowest BCUT2D eigenvalue weighted by Gasteiger charge is -2.27. The number of unbranched alkanes of at least 4 members (excludes halogenated alkanes) is 1. The highest BCUT2D eigenvalue weighted by molar-refractivity contribution is 6.15.